The summed E-state index contributed by atoms with van der Waals surface area (Å²) in [5.74, 6) is 2.50. The molecule has 4 rings (SSSR count). The molecule has 1 aromatic carbocycles. The first-order valence-electron chi connectivity index (χ1n) is 7.97. The van der Waals surface area contributed by atoms with E-state index in [1.54, 1.807) is 0 Å². The van der Waals surface area contributed by atoms with E-state index in [1.165, 1.54) is 10.2 Å². The van der Waals surface area contributed by atoms with Crippen LogP contribution in [0.1, 0.15) is 25.0 Å². The summed E-state index contributed by atoms with van der Waals surface area (Å²) in [4.78, 5) is 0. The van der Waals surface area contributed by atoms with Gasteiger partial charge in [0.05, 0.1) is 6.61 Å². The molecule has 1 N–H and O–H groups in total. The highest BCUT2D eigenvalue weighted by molar-refractivity contribution is 5.50. The van der Waals surface area contributed by atoms with Gasteiger partial charge >= 0.3 is 0 Å². The summed E-state index contributed by atoms with van der Waals surface area (Å²) in [7, 11) is 0. The number of aromatic nitrogens is 5. The Bertz CT molecular complexity index is 878. The number of fused-ring (bicyclic) bond motifs is 2. The van der Waals surface area contributed by atoms with Crippen molar-refractivity contribution in [1.29, 1.82) is 0 Å². The molecular formula is C16H18N6O2. The maximum Gasteiger partial charge on any atom is 0.200 e. The molecule has 0 saturated carbocycles. The fourth-order valence-electron chi connectivity index (χ4n) is 2.84. The lowest BCUT2D eigenvalue weighted by Crippen LogP contribution is -2.07. The van der Waals surface area contributed by atoms with E-state index in [2.05, 4.69) is 38.9 Å². The highest BCUT2D eigenvalue weighted by atomic mass is 16.5. The van der Waals surface area contributed by atoms with Gasteiger partial charge in [0.15, 0.2) is 5.65 Å². The molecule has 8 heteroatoms. The normalized spacial score (nSPS) is 16.0. The van der Waals surface area contributed by atoms with E-state index in [1.807, 2.05) is 25.1 Å². The zero-order chi connectivity index (χ0) is 16.5. The van der Waals surface area contributed by atoms with Gasteiger partial charge in [-0.1, -0.05) is 0 Å². The van der Waals surface area contributed by atoms with Crippen LogP contribution in [0.25, 0.3) is 5.65 Å². The molecule has 1 aliphatic rings. The van der Waals surface area contributed by atoms with Crippen molar-refractivity contribution in [2.24, 2.45) is 0 Å². The van der Waals surface area contributed by atoms with Gasteiger partial charge in [0.2, 0.25) is 0 Å². The van der Waals surface area contributed by atoms with Crippen LogP contribution in [-0.2, 0) is 13.0 Å². The van der Waals surface area contributed by atoms with Crippen LogP contribution >= 0.6 is 0 Å². The minimum Gasteiger partial charge on any atom is -0.494 e. The lowest BCUT2D eigenvalue weighted by atomic mass is 10.1. The van der Waals surface area contributed by atoms with Crippen LogP contribution in [0.15, 0.2) is 24.3 Å². The van der Waals surface area contributed by atoms with Crippen LogP contribution in [0.4, 0.5) is 5.82 Å². The second-order valence-corrected chi connectivity index (χ2v) is 5.73. The van der Waals surface area contributed by atoms with Gasteiger partial charge in [-0.25, -0.2) is 0 Å². The monoisotopic (exact) mass is 326 g/mol. The van der Waals surface area contributed by atoms with Crippen LogP contribution < -0.4 is 14.8 Å². The second kappa shape index (κ2) is 5.95. The van der Waals surface area contributed by atoms with E-state index in [0.29, 0.717) is 24.6 Å². The number of tetrazole rings is 1. The van der Waals surface area contributed by atoms with Crippen molar-refractivity contribution < 1.29 is 9.47 Å². The molecule has 3 heterocycles. The van der Waals surface area contributed by atoms with Gasteiger partial charge in [-0.05, 0) is 48.5 Å². The molecule has 8 nitrogen and oxygen atoms in total. The number of anilines is 1. The van der Waals surface area contributed by atoms with Crippen molar-refractivity contribution in [3.05, 3.63) is 35.4 Å². The Balaban J connectivity index is 1.57. The molecule has 1 aliphatic heterocycles. The van der Waals surface area contributed by atoms with Gasteiger partial charge in [0.25, 0.3) is 0 Å². The molecule has 0 unspecified atom stereocenters. The van der Waals surface area contributed by atoms with Gasteiger partial charge in [0.1, 0.15) is 23.4 Å². The minimum absolute atomic E-state index is 0.210. The van der Waals surface area contributed by atoms with Crippen LogP contribution in [0.2, 0.25) is 0 Å². The first kappa shape index (κ1) is 14.7. The quantitative estimate of drug-likeness (QED) is 0.765. The standard InChI is InChI=1S/C16H18N6O2/c1-3-23-13-7-11-6-10(2)24-14(11)8-12(13)9-17-15-4-5-16-18-20-21-22(16)19-15/h4-5,7-8,10H,3,6,9H2,1-2H3,(H,17,19)/t10-/m0/s1. The molecule has 3 aromatic rings. The van der Waals surface area contributed by atoms with E-state index in [9.17, 15) is 0 Å². The van der Waals surface area contributed by atoms with Crippen LogP contribution in [-0.4, -0.2) is 38.0 Å². The third kappa shape index (κ3) is 2.70. The molecule has 0 fully saturated rings. The molecule has 0 radical (unpaired) electrons. The van der Waals surface area contributed by atoms with E-state index >= 15 is 0 Å². The maximum absolute atomic E-state index is 5.85. The smallest absolute Gasteiger partial charge is 0.200 e. The Morgan fingerprint density at radius 3 is 3.17 bits per heavy atom. The van der Waals surface area contributed by atoms with Crippen molar-refractivity contribution in [3.8, 4) is 11.5 Å². The van der Waals surface area contributed by atoms with E-state index in [0.717, 1.165) is 23.5 Å². The Morgan fingerprint density at radius 2 is 2.29 bits per heavy atom. The summed E-state index contributed by atoms with van der Waals surface area (Å²) in [6.07, 6.45) is 1.13. The number of rotatable bonds is 5. The van der Waals surface area contributed by atoms with E-state index in [-0.39, 0.29) is 6.10 Å². The number of hydrogen-bond donors (Lipinski definition) is 1. The highest BCUT2D eigenvalue weighted by Crippen LogP contribution is 2.35. The van der Waals surface area contributed by atoms with Crippen LogP contribution in [0, 0.1) is 0 Å². The number of benzene rings is 1. The molecule has 2 aromatic heterocycles. The van der Waals surface area contributed by atoms with Crippen molar-refractivity contribution in [2.45, 2.75) is 32.9 Å². The Kier molecular flexibility index (Phi) is 3.64. The Hall–Kier alpha value is -2.90. The molecule has 0 saturated heterocycles. The van der Waals surface area contributed by atoms with Gasteiger partial charge in [0, 0.05) is 24.1 Å². The molecule has 1 atom stereocenters. The lowest BCUT2D eigenvalue weighted by molar-refractivity contribution is 0.254. The van der Waals surface area contributed by atoms with Crippen molar-refractivity contribution in [1.82, 2.24) is 25.3 Å². The average Bonchev–Trinajstić information content (AvgIpc) is 3.17. The fourth-order valence-corrected chi connectivity index (χ4v) is 2.84. The van der Waals surface area contributed by atoms with Crippen LogP contribution in [0.5, 0.6) is 11.5 Å². The maximum atomic E-state index is 5.85. The topological polar surface area (TPSA) is 86.5 Å². The van der Waals surface area contributed by atoms with E-state index < -0.39 is 0 Å². The van der Waals surface area contributed by atoms with Crippen molar-refractivity contribution in [3.63, 3.8) is 0 Å². The minimum atomic E-state index is 0.210. The average molecular weight is 326 g/mol. The lowest BCUT2D eigenvalue weighted by Gasteiger charge is -2.13. The molecule has 24 heavy (non-hydrogen) atoms. The Labute approximate surface area is 138 Å². The zero-order valence-electron chi connectivity index (χ0n) is 13.6. The third-order valence-electron chi connectivity index (χ3n) is 3.91. The fraction of sp³-hybridized carbons (Fsp3) is 0.375. The predicted molar refractivity (Wildman–Crippen MR) is 87.3 cm³/mol. The first-order chi connectivity index (χ1) is 11.7. The van der Waals surface area contributed by atoms with Crippen molar-refractivity contribution >= 4 is 11.5 Å². The summed E-state index contributed by atoms with van der Waals surface area (Å²) in [5, 5.41) is 18.8. The number of nitrogens with one attached hydrogen (secondary N) is 1. The van der Waals surface area contributed by atoms with Gasteiger partial charge in [-0.2, -0.15) is 0 Å². The second-order valence-electron chi connectivity index (χ2n) is 5.73. The molecule has 124 valence electrons. The zero-order valence-corrected chi connectivity index (χ0v) is 13.6. The number of ether oxygens (including phenoxy) is 2. The number of hydrogen-bond acceptors (Lipinski definition) is 7. The summed E-state index contributed by atoms with van der Waals surface area (Å²) in [6.45, 7) is 5.25. The van der Waals surface area contributed by atoms with Gasteiger partial charge in [-0.15, -0.1) is 14.8 Å². The molecule has 0 bridgehead atoms. The van der Waals surface area contributed by atoms with Gasteiger partial charge < -0.3 is 14.8 Å². The predicted octanol–water partition coefficient (Wildman–Crippen LogP) is 1.85. The summed E-state index contributed by atoms with van der Waals surface area (Å²) in [6, 6.07) is 7.79. The highest BCUT2D eigenvalue weighted by Gasteiger charge is 2.21. The molecule has 0 spiro atoms. The first-order valence-corrected chi connectivity index (χ1v) is 7.97. The Morgan fingerprint density at radius 1 is 1.38 bits per heavy atom. The van der Waals surface area contributed by atoms with Gasteiger partial charge in [-0.3, -0.25) is 0 Å². The molecular weight excluding hydrogens is 308 g/mol. The third-order valence-corrected chi connectivity index (χ3v) is 3.91. The summed E-state index contributed by atoms with van der Waals surface area (Å²) in [5.41, 5.74) is 2.83. The molecule has 0 aliphatic carbocycles. The number of nitrogens with zero attached hydrogens (tertiary/aromatic N) is 5. The van der Waals surface area contributed by atoms with Crippen molar-refractivity contribution in [2.75, 3.05) is 11.9 Å². The summed E-state index contributed by atoms with van der Waals surface area (Å²) < 4.78 is 13.0. The molecule has 0 amide bonds. The van der Waals surface area contributed by atoms with Crippen LogP contribution in [0.3, 0.4) is 0 Å². The van der Waals surface area contributed by atoms with E-state index in [4.69, 9.17) is 9.47 Å². The largest absolute Gasteiger partial charge is 0.494 e. The summed E-state index contributed by atoms with van der Waals surface area (Å²) >= 11 is 0. The SMILES string of the molecule is CCOc1cc2c(cc1CNc1ccc3nnnn3n1)O[C@@H](C)C2.